The standard InChI is InChI=1S/C15H14N4O6S/c1-26(24,25)17-18-14(11-8-9(19(22)23)6-7-13(11)20)16-12-5-3-2-4-10(12)15(18)21/h2-8,14,16-17,20H,1H3. The summed E-state index contributed by atoms with van der Waals surface area (Å²) in [4.78, 5) is 25.2. The van der Waals surface area contributed by atoms with Crippen LogP contribution in [0.25, 0.3) is 0 Å². The summed E-state index contributed by atoms with van der Waals surface area (Å²) in [5.41, 5.74) is 0.271. The van der Waals surface area contributed by atoms with E-state index >= 15 is 0 Å². The van der Waals surface area contributed by atoms with Crippen LogP contribution in [0.4, 0.5) is 11.4 Å². The van der Waals surface area contributed by atoms with Crippen molar-refractivity contribution >= 4 is 27.3 Å². The van der Waals surface area contributed by atoms with Crippen molar-refractivity contribution in [2.75, 3.05) is 11.6 Å². The number of aromatic hydroxyl groups is 1. The van der Waals surface area contributed by atoms with Gasteiger partial charge in [-0.3, -0.25) is 14.9 Å². The van der Waals surface area contributed by atoms with Gasteiger partial charge in [-0.15, -0.1) is 4.83 Å². The number of carbonyl (C=O) groups is 1. The molecule has 2 aromatic carbocycles. The van der Waals surface area contributed by atoms with Gasteiger partial charge in [-0.25, -0.2) is 13.4 Å². The monoisotopic (exact) mass is 378 g/mol. The summed E-state index contributed by atoms with van der Waals surface area (Å²) in [6, 6.07) is 9.68. The first-order chi connectivity index (χ1) is 12.2. The Morgan fingerprint density at radius 1 is 1.27 bits per heavy atom. The number of carbonyl (C=O) groups excluding carboxylic acids is 1. The SMILES string of the molecule is CS(=O)(=O)NN1C(=O)c2ccccc2NC1c1cc([N+](=O)[O-])ccc1O. The number of nitrogens with zero attached hydrogens (tertiary/aromatic N) is 2. The summed E-state index contributed by atoms with van der Waals surface area (Å²) in [5, 5.41) is 24.9. The van der Waals surface area contributed by atoms with Gasteiger partial charge in [-0.1, -0.05) is 12.1 Å². The summed E-state index contributed by atoms with van der Waals surface area (Å²) in [7, 11) is -3.84. The molecule has 1 amide bonds. The first-order valence-corrected chi connectivity index (χ1v) is 9.20. The Balaban J connectivity index is 2.16. The summed E-state index contributed by atoms with van der Waals surface area (Å²) >= 11 is 0. The predicted octanol–water partition coefficient (Wildman–Crippen LogP) is 1.33. The zero-order valence-electron chi connectivity index (χ0n) is 13.4. The minimum atomic E-state index is -3.84. The fourth-order valence-corrected chi connectivity index (χ4v) is 3.16. The Labute approximate surface area is 148 Å². The number of hydrogen-bond donors (Lipinski definition) is 3. The molecule has 11 heteroatoms. The molecule has 0 radical (unpaired) electrons. The maximum atomic E-state index is 12.8. The van der Waals surface area contributed by atoms with Crippen molar-refractivity contribution in [2.24, 2.45) is 0 Å². The molecule has 0 bridgehead atoms. The molecule has 3 N–H and O–H groups in total. The number of nitro groups is 1. The second-order valence-electron chi connectivity index (χ2n) is 5.63. The molecule has 3 rings (SSSR count). The third kappa shape index (κ3) is 3.30. The Kier molecular flexibility index (Phi) is 4.26. The Bertz CT molecular complexity index is 1010. The molecule has 1 atom stereocenters. The van der Waals surface area contributed by atoms with E-state index in [1.165, 1.54) is 6.07 Å². The third-order valence-electron chi connectivity index (χ3n) is 3.71. The lowest BCUT2D eigenvalue weighted by Crippen LogP contribution is -2.52. The van der Waals surface area contributed by atoms with Crippen LogP contribution in [0, 0.1) is 10.1 Å². The molecule has 1 aliphatic rings. The van der Waals surface area contributed by atoms with Gasteiger partial charge in [0.15, 0.2) is 0 Å². The molecule has 1 heterocycles. The van der Waals surface area contributed by atoms with Crippen LogP contribution in [0.5, 0.6) is 5.75 Å². The van der Waals surface area contributed by atoms with Crippen molar-refractivity contribution in [3.8, 4) is 5.75 Å². The zero-order valence-corrected chi connectivity index (χ0v) is 14.2. The number of para-hydroxylation sites is 1. The maximum Gasteiger partial charge on any atom is 0.273 e. The van der Waals surface area contributed by atoms with Crippen LogP contribution < -0.4 is 10.1 Å². The van der Waals surface area contributed by atoms with Gasteiger partial charge in [0.05, 0.1) is 16.7 Å². The Morgan fingerprint density at radius 3 is 2.62 bits per heavy atom. The number of fused-ring (bicyclic) bond motifs is 1. The van der Waals surface area contributed by atoms with Gasteiger partial charge in [-0.05, 0) is 18.2 Å². The fraction of sp³-hybridized carbons (Fsp3) is 0.133. The van der Waals surface area contributed by atoms with Crippen LogP contribution in [-0.2, 0) is 10.0 Å². The zero-order chi connectivity index (χ0) is 19.1. The highest BCUT2D eigenvalue weighted by Crippen LogP contribution is 2.37. The lowest BCUT2D eigenvalue weighted by atomic mass is 10.0. The van der Waals surface area contributed by atoms with Crippen LogP contribution in [0.2, 0.25) is 0 Å². The molecule has 2 aromatic rings. The van der Waals surface area contributed by atoms with Gasteiger partial charge in [0, 0.05) is 23.4 Å². The van der Waals surface area contributed by atoms with Gasteiger partial charge < -0.3 is 10.4 Å². The van der Waals surface area contributed by atoms with Crippen molar-refractivity contribution in [3.63, 3.8) is 0 Å². The van der Waals surface area contributed by atoms with Crippen molar-refractivity contribution in [2.45, 2.75) is 6.17 Å². The van der Waals surface area contributed by atoms with Crippen LogP contribution in [0.3, 0.4) is 0 Å². The number of rotatable bonds is 4. The average Bonchev–Trinajstić information content (AvgIpc) is 2.56. The molecular weight excluding hydrogens is 364 g/mol. The van der Waals surface area contributed by atoms with E-state index in [0.29, 0.717) is 5.69 Å². The van der Waals surface area contributed by atoms with Gasteiger partial charge in [0.25, 0.3) is 11.6 Å². The van der Waals surface area contributed by atoms with E-state index in [-0.39, 0.29) is 22.6 Å². The van der Waals surface area contributed by atoms with E-state index in [2.05, 4.69) is 10.1 Å². The molecule has 0 saturated carbocycles. The average molecular weight is 378 g/mol. The van der Waals surface area contributed by atoms with Crippen molar-refractivity contribution in [1.82, 2.24) is 9.84 Å². The molecule has 0 spiro atoms. The number of hydrogen-bond acceptors (Lipinski definition) is 7. The lowest BCUT2D eigenvalue weighted by Gasteiger charge is -2.37. The second kappa shape index (κ2) is 6.28. The maximum absolute atomic E-state index is 12.8. The van der Waals surface area contributed by atoms with Crippen LogP contribution >= 0.6 is 0 Å². The Morgan fingerprint density at radius 2 is 1.96 bits per heavy atom. The third-order valence-corrected chi connectivity index (χ3v) is 4.24. The quantitative estimate of drug-likeness (QED) is 0.538. The molecular formula is C15H14N4O6S. The second-order valence-corrected chi connectivity index (χ2v) is 7.36. The number of phenolic OH excluding ortho intramolecular Hbond substituents is 1. The minimum absolute atomic E-state index is 0.0294. The number of benzene rings is 2. The topological polar surface area (TPSA) is 142 Å². The van der Waals surface area contributed by atoms with E-state index in [1.807, 2.05) is 0 Å². The number of nitro benzene ring substituents is 1. The first kappa shape index (κ1) is 17.6. The molecule has 10 nitrogen and oxygen atoms in total. The summed E-state index contributed by atoms with van der Waals surface area (Å²) in [6.45, 7) is 0. The van der Waals surface area contributed by atoms with Crippen molar-refractivity contribution in [3.05, 3.63) is 63.7 Å². The highest BCUT2D eigenvalue weighted by atomic mass is 32.2. The van der Waals surface area contributed by atoms with Gasteiger partial charge in [0.1, 0.15) is 11.9 Å². The predicted molar refractivity (Wildman–Crippen MR) is 91.7 cm³/mol. The van der Waals surface area contributed by atoms with Crippen LogP contribution in [-0.4, -0.2) is 35.6 Å². The van der Waals surface area contributed by atoms with Crippen LogP contribution in [0.15, 0.2) is 42.5 Å². The smallest absolute Gasteiger partial charge is 0.273 e. The number of phenols is 1. The van der Waals surface area contributed by atoms with Gasteiger partial charge in [0.2, 0.25) is 10.0 Å². The molecule has 0 aromatic heterocycles. The number of amides is 1. The van der Waals surface area contributed by atoms with E-state index in [4.69, 9.17) is 0 Å². The molecule has 1 aliphatic heterocycles. The molecule has 0 aliphatic carbocycles. The minimum Gasteiger partial charge on any atom is -0.508 e. The summed E-state index contributed by atoms with van der Waals surface area (Å²) < 4.78 is 23.4. The highest BCUT2D eigenvalue weighted by molar-refractivity contribution is 7.88. The molecule has 1 unspecified atom stereocenters. The van der Waals surface area contributed by atoms with E-state index in [0.717, 1.165) is 29.5 Å². The van der Waals surface area contributed by atoms with E-state index < -0.39 is 27.0 Å². The Hall–Kier alpha value is -3.18. The molecule has 0 fully saturated rings. The summed E-state index contributed by atoms with van der Waals surface area (Å²) in [6.07, 6.45) is -0.322. The number of hydrazine groups is 1. The number of nitrogens with one attached hydrogen (secondary N) is 2. The van der Waals surface area contributed by atoms with E-state index in [9.17, 15) is 28.4 Å². The lowest BCUT2D eigenvalue weighted by molar-refractivity contribution is -0.385. The molecule has 136 valence electrons. The van der Waals surface area contributed by atoms with Crippen molar-refractivity contribution in [1.29, 1.82) is 0 Å². The fourth-order valence-electron chi connectivity index (χ4n) is 2.62. The largest absolute Gasteiger partial charge is 0.508 e. The van der Waals surface area contributed by atoms with Gasteiger partial charge in [-0.2, -0.15) is 0 Å². The first-order valence-electron chi connectivity index (χ1n) is 7.31. The number of sulfonamides is 1. The number of non-ortho nitro benzene ring substituents is 1. The van der Waals surface area contributed by atoms with Crippen molar-refractivity contribution < 1.29 is 23.2 Å². The molecule has 0 saturated heterocycles. The number of anilines is 1. The van der Waals surface area contributed by atoms with Crippen LogP contribution in [0.1, 0.15) is 22.1 Å². The summed E-state index contributed by atoms with van der Waals surface area (Å²) in [5.74, 6) is -0.999. The normalized spacial score (nSPS) is 16.7. The van der Waals surface area contributed by atoms with Gasteiger partial charge >= 0.3 is 0 Å². The molecule has 26 heavy (non-hydrogen) atoms. The highest BCUT2D eigenvalue weighted by Gasteiger charge is 2.36. The van der Waals surface area contributed by atoms with E-state index in [1.54, 1.807) is 18.2 Å².